The summed E-state index contributed by atoms with van der Waals surface area (Å²) in [4.78, 5) is 12.3. The maximum absolute atomic E-state index is 12.3. The maximum Gasteiger partial charge on any atom is 0.251 e. The molecule has 0 aliphatic carbocycles. The molecule has 0 spiro atoms. The topological polar surface area (TPSA) is 73.6 Å². The zero-order valence-corrected chi connectivity index (χ0v) is 12.1. The van der Waals surface area contributed by atoms with E-state index in [-0.39, 0.29) is 11.4 Å². The van der Waals surface area contributed by atoms with Gasteiger partial charge in [-0.05, 0) is 38.8 Å². The standard InChI is InChI=1S/C15H22N2O3/c1-3-20-13-8-11(7-12(16)9-13)14(18)17-15(2)5-4-6-19-10-15/h7-9H,3-6,10,16H2,1-2H3,(H,17,18). The molecule has 0 aromatic heterocycles. The lowest BCUT2D eigenvalue weighted by Crippen LogP contribution is -2.51. The van der Waals surface area contributed by atoms with Gasteiger partial charge in [0.25, 0.3) is 5.91 Å². The molecule has 0 saturated carbocycles. The van der Waals surface area contributed by atoms with Crippen LogP contribution in [0.4, 0.5) is 5.69 Å². The van der Waals surface area contributed by atoms with Gasteiger partial charge in [0, 0.05) is 23.9 Å². The normalized spacial score (nSPS) is 22.3. The highest BCUT2D eigenvalue weighted by Gasteiger charge is 2.29. The van der Waals surface area contributed by atoms with Gasteiger partial charge in [0.2, 0.25) is 0 Å². The third kappa shape index (κ3) is 3.63. The molecule has 0 radical (unpaired) electrons. The first-order chi connectivity index (χ1) is 9.52. The highest BCUT2D eigenvalue weighted by Crippen LogP contribution is 2.22. The van der Waals surface area contributed by atoms with Crippen molar-refractivity contribution in [2.75, 3.05) is 25.6 Å². The van der Waals surface area contributed by atoms with E-state index in [2.05, 4.69) is 5.32 Å². The van der Waals surface area contributed by atoms with Crippen molar-refractivity contribution >= 4 is 11.6 Å². The van der Waals surface area contributed by atoms with Crippen LogP contribution < -0.4 is 15.8 Å². The molecule has 1 fully saturated rings. The van der Waals surface area contributed by atoms with Crippen molar-refractivity contribution in [1.29, 1.82) is 0 Å². The summed E-state index contributed by atoms with van der Waals surface area (Å²) < 4.78 is 10.9. The molecule has 1 saturated heterocycles. The van der Waals surface area contributed by atoms with E-state index in [1.807, 2.05) is 13.8 Å². The SMILES string of the molecule is CCOc1cc(N)cc(C(=O)NC2(C)CCCOC2)c1. The van der Waals surface area contributed by atoms with Crippen LogP contribution in [0.2, 0.25) is 0 Å². The van der Waals surface area contributed by atoms with Crippen LogP contribution in [0, 0.1) is 0 Å². The molecule has 1 unspecified atom stereocenters. The summed E-state index contributed by atoms with van der Waals surface area (Å²) in [7, 11) is 0. The molecule has 0 bridgehead atoms. The van der Waals surface area contributed by atoms with Crippen LogP contribution >= 0.6 is 0 Å². The first-order valence-electron chi connectivity index (χ1n) is 6.96. The molecule has 1 amide bonds. The van der Waals surface area contributed by atoms with Crippen molar-refractivity contribution in [3.63, 3.8) is 0 Å². The minimum Gasteiger partial charge on any atom is -0.494 e. The van der Waals surface area contributed by atoms with Crippen LogP contribution in [-0.4, -0.2) is 31.3 Å². The van der Waals surface area contributed by atoms with Crippen LogP contribution in [0.25, 0.3) is 0 Å². The predicted octanol–water partition coefficient (Wildman–Crippen LogP) is 1.97. The van der Waals surface area contributed by atoms with Gasteiger partial charge in [0.05, 0.1) is 18.8 Å². The van der Waals surface area contributed by atoms with Gasteiger partial charge in [0.1, 0.15) is 5.75 Å². The van der Waals surface area contributed by atoms with E-state index in [0.29, 0.717) is 30.2 Å². The smallest absolute Gasteiger partial charge is 0.251 e. The Hall–Kier alpha value is -1.75. The number of ether oxygens (including phenoxy) is 2. The molecule has 1 aromatic carbocycles. The first-order valence-corrected chi connectivity index (χ1v) is 6.96. The second kappa shape index (κ2) is 6.13. The fourth-order valence-electron chi connectivity index (χ4n) is 2.38. The van der Waals surface area contributed by atoms with Crippen LogP contribution in [0.15, 0.2) is 18.2 Å². The Balaban J connectivity index is 2.12. The van der Waals surface area contributed by atoms with E-state index in [1.54, 1.807) is 18.2 Å². The molecule has 3 N–H and O–H groups in total. The summed E-state index contributed by atoms with van der Waals surface area (Å²) in [6, 6.07) is 5.08. The second-order valence-corrected chi connectivity index (χ2v) is 5.39. The average Bonchev–Trinajstić information content (AvgIpc) is 2.38. The van der Waals surface area contributed by atoms with Gasteiger partial charge in [-0.3, -0.25) is 4.79 Å². The maximum atomic E-state index is 12.3. The fraction of sp³-hybridized carbons (Fsp3) is 0.533. The Morgan fingerprint density at radius 3 is 2.95 bits per heavy atom. The summed E-state index contributed by atoms with van der Waals surface area (Å²) in [5.74, 6) is 0.467. The summed E-state index contributed by atoms with van der Waals surface area (Å²) in [5, 5.41) is 3.03. The Bertz CT molecular complexity index is 482. The highest BCUT2D eigenvalue weighted by molar-refractivity contribution is 5.96. The number of anilines is 1. The molecule has 20 heavy (non-hydrogen) atoms. The van der Waals surface area contributed by atoms with Gasteiger partial charge in [-0.1, -0.05) is 0 Å². The number of hydrogen-bond acceptors (Lipinski definition) is 4. The number of benzene rings is 1. The molecule has 1 aromatic rings. The van der Waals surface area contributed by atoms with E-state index in [0.717, 1.165) is 19.4 Å². The van der Waals surface area contributed by atoms with Crippen molar-refractivity contribution < 1.29 is 14.3 Å². The third-order valence-corrected chi connectivity index (χ3v) is 3.36. The molecule has 110 valence electrons. The number of nitrogens with two attached hydrogens (primary N) is 1. The first kappa shape index (κ1) is 14.7. The minimum atomic E-state index is -0.314. The summed E-state index contributed by atoms with van der Waals surface area (Å²) in [6.07, 6.45) is 1.87. The number of hydrogen-bond donors (Lipinski definition) is 2. The molecular formula is C15H22N2O3. The van der Waals surface area contributed by atoms with Crippen molar-refractivity contribution in [1.82, 2.24) is 5.32 Å². The van der Waals surface area contributed by atoms with Crippen LogP contribution in [0.1, 0.15) is 37.0 Å². The molecule has 1 heterocycles. The predicted molar refractivity (Wildman–Crippen MR) is 77.9 cm³/mol. The largest absolute Gasteiger partial charge is 0.494 e. The highest BCUT2D eigenvalue weighted by atomic mass is 16.5. The Labute approximate surface area is 119 Å². The van der Waals surface area contributed by atoms with E-state index < -0.39 is 0 Å². The van der Waals surface area contributed by atoms with Gasteiger partial charge in [0.15, 0.2) is 0 Å². The number of amides is 1. The van der Waals surface area contributed by atoms with Crippen LogP contribution in [-0.2, 0) is 4.74 Å². The van der Waals surface area contributed by atoms with Crippen molar-refractivity contribution in [3.8, 4) is 5.75 Å². The lowest BCUT2D eigenvalue weighted by Gasteiger charge is -2.34. The summed E-state index contributed by atoms with van der Waals surface area (Å²) in [6.45, 7) is 5.73. The monoisotopic (exact) mass is 278 g/mol. The molecule has 1 aliphatic heterocycles. The van der Waals surface area contributed by atoms with Crippen LogP contribution in [0.3, 0.4) is 0 Å². The summed E-state index contributed by atoms with van der Waals surface area (Å²) in [5.41, 5.74) is 6.53. The molecule has 2 rings (SSSR count). The zero-order valence-electron chi connectivity index (χ0n) is 12.1. The van der Waals surface area contributed by atoms with Gasteiger partial charge >= 0.3 is 0 Å². The number of carbonyl (C=O) groups excluding carboxylic acids is 1. The molecule has 1 atom stereocenters. The van der Waals surface area contributed by atoms with E-state index in [1.165, 1.54) is 0 Å². The lowest BCUT2D eigenvalue weighted by atomic mass is 9.94. The fourth-order valence-corrected chi connectivity index (χ4v) is 2.38. The van der Waals surface area contributed by atoms with E-state index >= 15 is 0 Å². The van der Waals surface area contributed by atoms with Gasteiger partial charge in [-0.15, -0.1) is 0 Å². The number of carbonyl (C=O) groups is 1. The van der Waals surface area contributed by atoms with Crippen LogP contribution in [0.5, 0.6) is 5.75 Å². The van der Waals surface area contributed by atoms with Gasteiger partial charge in [-0.25, -0.2) is 0 Å². The van der Waals surface area contributed by atoms with E-state index in [4.69, 9.17) is 15.2 Å². The number of nitrogens with one attached hydrogen (secondary N) is 1. The van der Waals surface area contributed by atoms with Gasteiger partial charge < -0.3 is 20.5 Å². The van der Waals surface area contributed by atoms with Gasteiger partial charge in [-0.2, -0.15) is 0 Å². The van der Waals surface area contributed by atoms with Crippen molar-refractivity contribution in [2.24, 2.45) is 0 Å². The third-order valence-electron chi connectivity index (χ3n) is 3.36. The Morgan fingerprint density at radius 2 is 2.30 bits per heavy atom. The molecule has 5 nitrogen and oxygen atoms in total. The Kier molecular flexibility index (Phi) is 4.49. The summed E-state index contributed by atoms with van der Waals surface area (Å²) >= 11 is 0. The van der Waals surface area contributed by atoms with E-state index in [9.17, 15) is 4.79 Å². The molecule has 5 heteroatoms. The zero-order chi connectivity index (χ0) is 14.6. The number of nitrogen functional groups attached to an aromatic ring is 1. The lowest BCUT2D eigenvalue weighted by molar-refractivity contribution is 0.0272. The quantitative estimate of drug-likeness (QED) is 0.826. The molecule has 1 aliphatic rings. The van der Waals surface area contributed by atoms with Crippen molar-refractivity contribution in [3.05, 3.63) is 23.8 Å². The average molecular weight is 278 g/mol. The minimum absolute atomic E-state index is 0.147. The Morgan fingerprint density at radius 1 is 1.50 bits per heavy atom. The van der Waals surface area contributed by atoms with Crippen molar-refractivity contribution in [2.45, 2.75) is 32.2 Å². The number of rotatable bonds is 4. The second-order valence-electron chi connectivity index (χ2n) is 5.39. The molecular weight excluding hydrogens is 256 g/mol.